The molecule has 28 heavy (non-hydrogen) atoms. The van der Waals surface area contributed by atoms with Gasteiger partial charge in [-0.15, -0.1) is 0 Å². The van der Waals surface area contributed by atoms with Gasteiger partial charge in [-0.3, -0.25) is 0 Å². The van der Waals surface area contributed by atoms with E-state index in [-0.39, 0.29) is 0 Å². The van der Waals surface area contributed by atoms with E-state index < -0.39 is 10.0 Å². The molecule has 2 aromatic carbocycles. The van der Waals surface area contributed by atoms with Gasteiger partial charge in [-0.05, 0) is 73.9 Å². The van der Waals surface area contributed by atoms with Gasteiger partial charge in [0.2, 0.25) is 10.0 Å². The Morgan fingerprint density at radius 2 is 1.61 bits per heavy atom. The summed E-state index contributed by atoms with van der Waals surface area (Å²) >= 11 is 6.16. The molecule has 6 heteroatoms. The molecule has 0 bridgehead atoms. The van der Waals surface area contributed by atoms with Crippen molar-refractivity contribution in [3.05, 3.63) is 71.4 Å². The summed E-state index contributed by atoms with van der Waals surface area (Å²) < 4.78 is 29.5. The maximum absolute atomic E-state index is 12.9. The lowest BCUT2D eigenvalue weighted by Crippen LogP contribution is -2.35. The number of piperidine rings is 1. The van der Waals surface area contributed by atoms with Crippen molar-refractivity contribution in [1.29, 1.82) is 0 Å². The summed E-state index contributed by atoms with van der Waals surface area (Å²) in [7, 11) is -3.42. The van der Waals surface area contributed by atoms with Gasteiger partial charge in [0.25, 0.3) is 0 Å². The van der Waals surface area contributed by atoms with Crippen LogP contribution < -0.4 is 0 Å². The van der Waals surface area contributed by atoms with Crippen LogP contribution in [0.4, 0.5) is 0 Å². The fourth-order valence-electron chi connectivity index (χ4n) is 3.78. The van der Waals surface area contributed by atoms with Gasteiger partial charge in [-0.1, -0.05) is 30.2 Å². The number of aryl methyl sites for hydroxylation is 1. The zero-order valence-corrected chi connectivity index (χ0v) is 17.4. The zero-order chi connectivity index (χ0) is 19.7. The van der Waals surface area contributed by atoms with E-state index in [2.05, 4.69) is 16.7 Å². The van der Waals surface area contributed by atoms with Gasteiger partial charge >= 0.3 is 0 Å². The molecule has 0 amide bonds. The van der Waals surface area contributed by atoms with Gasteiger partial charge in [0.15, 0.2) is 0 Å². The molecule has 1 aliphatic rings. The molecule has 1 saturated heterocycles. The smallest absolute Gasteiger partial charge is 0.243 e. The topological polar surface area (TPSA) is 42.3 Å². The summed E-state index contributed by atoms with van der Waals surface area (Å²) in [5, 5.41) is 0.686. The maximum atomic E-state index is 12.9. The standard InChI is InChI=1S/C22H23ClN2O2S/c1-17-8-13-22(18-6-5-7-19(23)16-18)25(17)20-9-11-21(12-10-20)28(26,27)24-14-3-2-4-15-24/h5-13,16H,2-4,14-15H2,1H3. The van der Waals surface area contributed by atoms with Crippen LogP contribution in [-0.2, 0) is 10.0 Å². The van der Waals surface area contributed by atoms with Crippen molar-refractivity contribution >= 4 is 21.6 Å². The molecule has 0 radical (unpaired) electrons. The van der Waals surface area contributed by atoms with Crippen molar-refractivity contribution in [3.63, 3.8) is 0 Å². The van der Waals surface area contributed by atoms with Gasteiger partial charge < -0.3 is 4.57 Å². The highest BCUT2D eigenvalue weighted by atomic mass is 35.5. The van der Waals surface area contributed by atoms with E-state index in [1.807, 2.05) is 43.3 Å². The van der Waals surface area contributed by atoms with Gasteiger partial charge in [0.05, 0.1) is 10.6 Å². The lowest BCUT2D eigenvalue weighted by Gasteiger charge is -2.26. The Hall–Kier alpha value is -2.08. The van der Waals surface area contributed by atoms with Crippen molar-refractivity contribution < 1.29 is 8.42 Å². The molecule has 3 aromatic rings. The van der Waals surface area contributed by atoms with E-state index in [0.717, 1.165) is 41.9 Å². The number of nitrogens with zero attached hydrogens (tertiary/aromatic N) is 2. The van der Waals surface area contributed by atoms with Gasteiger partial charge in [0.1, 0.15) is 0 Å². The van der Waals surface area contributed by atoms with Crippen LogP contribution in [0.1, 0.15) is 25.0 Å². The molecule has 4 nitrogen and oxygen atoms in total. The van der Waals surface area contributed by atoms with E-state index in [4.69, 9.17) is 11.6 Å². The van der Waals surface area contributed by atoms with Crippen LogP contribution in [0, 0.1) is 6.92 Å². The predicted octanol–water partition coefficient (Wildman–Crippen LogP) is 5.28. The number of aromatic nitrogens is 1. The Labute approximate surface area is 171 Å². The highest BCUT2D eigenvalue weighted by Crippen LogP contribution is 2.29. The van der Waals surface area contributed by atoms with Crippen LogP contribution in [0.15, 0.2) is 65.6 Å². The second-order valence-electron chi connectivity index (χ2n) is 7.16. The van der Waals surface area contributed by atoms with Gasteiger partial charge in [0, 0.05) is 29.5 Å². The van der Waals surface area contributed by atoms with E-state index in [1.165, 1.54) is 0 Å². The average molecular weight is 415 g/mol. The van der Waals surface area contributed by atoms with Crippen LogP contribution in [0.2, 0.25) is 5.02 Å². The minimum absolute atomic E-state index is 0.354. The number of rotatable bonds is 4. The average Bonchev–Trinajstić information content (AvgIpc) is 3.10. The van der Waals surface area contributed by atoms with Crippen molar-refractivity contribution in [3.8, 4) is 16.9 Å². The van der Waals surface area contributed by atoms with E-state index >= 15 is 0 Å². The first kappa shape index (κ1) is 19.2. The molecule has 4 rings (SSSR count). The summed E-state index contributed by atoms with van der Waals surface area (Å²) in [6, 6.07) is 19.0. The SMILES string of the molecule is Cc1ccc(-c2cccc(Cl)c2)n1-c1ccc(S(=O)(=O)N2CCCCC2)cc1. The molecule has 0 spiro atoms. The molecule has 146 valence electrons. The molecule has 0 N–H and O–H groups in total. The summed E-state index contributed by atoms with van der Waals surface area (Å²) in [5.41, 5.74) is 4.04. The first-order chi connectivity index (χ1) is 13.5. The first-order valence-electron chi connectivity index (χ1n) is 9.52. The van der Waals surface area contributed by atoms with Crippen molar-refractivity contribution in [2.45, 2.75) is 31.1 Å². The molecule has 1 fully saturated rings. The molecule has 0 atom stereocenters. The monoisotopic (exact) mass is 414 g/mol. The molecule has 2 heterocycles. The molecule has 1 aliphatic heterocycles. The highest BCUT2D eigenvalue weighted by Gasteiger charge is 2.25. The predicted molar refractivity (Wildman–Crippen MR) is 114 cm³/mol. The number of sulfonamides is 1. The minimum Gasteiger partial charge on any atom is -0.314 e. The van der Waals surface area contributed by atoms with Crippen LogP contribution in [-0.4, -0.2) is 30.4 Å². The summed E-state index contributed by atoms with van der Waals surface area (Å²) in [4.78, 5) is 0.354. The Morgan fingerprint density at radius 3 is 2.29 bits per heavy atom. The Bertz CT molecular complexity index is 1080. The summed E-state index contributed by atoms with van der Waals surface area (Å²) in [6.07, 6.45) is 2.97. The quantitative estimate of drug-likeness (QED) is 0.582. The lowest BCUT2D eigenvalue weighted by molar-refractivity contribution is 0.346. The Kier molecular flexibility index (Phi) is 5.32. The molecule has 1 aromatic heterocycles. The minimum atomic E-state index is -3.42. The van der Waals surface area contributed by atoms with E-state index in [9.17, 15) is 8.42 Å². The zero-order valence-electron chi connectivity index (χ0n) is 15.8. The third-order valence-electron chi connectivity index (χ3n) is 5.24. The van der Waals surface area contributed by atoms with Crippen LogP contribution in [0.25, 0.3) is 16.9 Å². The third-order valence-corrected chi connectivity index (χ3v) is 7.39. The molecule has 0 aliphatic carbocycles. The second-order valence-corrected chi connectivity index (χ2v) is 9.54. The summed E-state index contributed by atoms with van der Waals surface area (Å²) in [6.45, 7) is 3.26. The van der Waals surface area contributed by atoms with Crippen LogP contribution >= 0.6 is 11.6 Å². The Morgan fingerprint density at radius 1 is 0.893 bits per heavy atom. The van der Waals surface area contributed by atoms with Crippen molar-refractivity contribution in [2.75, 3.05) is 13.1 Å². The normalized spacial score (nSPS) is 15.6. The molecular formula is C22H23ClN2O2S. The van der Waals surface area contributed by atoms with Crippen LogP contribution in [0.3, 0.4) is 0 Å². The number of hydrogen-bond acceptors (Lipinski definition) is 2. The molecular weight excluding hydrogens is 392 g/mol. The van der Waals surface area contributed by atoms with Crippen LogP contribution in [0.5, 0.6) is 0 Å². The van der Waals surface area contributed by atoms with E-state index in [1.54, 1.807) is 16.4 Å². The van der Waals surface area contributed by atoms with Crippen molar-refractivity contribution in [1.82, 2.24) is 8.87 Å². The largest absolute Gasteiger partial charge is 0.314 e. The summed E-state index contributed by atoms with van der Waals surface area (Å²) in [5.74, 6) is 0. The number of hydrogen-bond donors (Lipinski definition) is 0. The number of benzene rings is 2. The maximum Gasteiger partial charge on any atom is 0.243 e. The fraction of sp³-hybridized carbons (Fsp3) is 0.273. The number of halogens is 1. The lowest BCUT2D eigenvalue weighted by atomic mass is 10.1. The third kappa shape index (κ3) is 3.62. The molecule has 0 unspecified atom stereocenters. The fourth-order valence-corrected chi connectivity index (χ4v) is 5.48. The van der Waals surface area contributed by atoms with Crippen molar-refractivity contribution in [2.24, 2.45) is 0 Å². The first-order valence-corrected chi connectivity index (χ1v) is 11.3. The van der Waals surface area contributed by atoms with E-state index in [0.29, 0.717) is 23.0 Å². The van der Waals surface area contributed by atoms with Gasteiger partial charge in [-0.25, -0.2) is 8.42 Å². The van der Waals surface area contributed by atoms with Gasteiger partial charge in [-0.2, -0.15) is 4.31 Å². The molecule has 0 saturated carbocycles. The second kappa shape index (κ2) is 7.74. The Balaban J connectivity index is 1.69. The highest BCUT2D eigenvalue weighted by molar-refractivity contribution is 7.89.